The number of rotatable bonds is 7. The van der Waals surface area contributed by atoms with E-state index in [1.54, 1.807) is 18.0 Å². The standard InChI is InChI=1S/C16H19N5OS/c1-3-23-9-8-17-15-10-14(20-21-11-18-19-16(15)21)12-4-6-13(22-2)7-5-12/h4-7,10-11,17H,3,8-9H2,1-2H3. The Balaban J connectivity index is 1.90. The molecule has 1 N–H and O–H groups in total. The van der Waals surface area contributed by atoms with Crippen molar-refractivity contribution in [2.24, 2.45) is 0 Å². The van der Waals surface area contributed by atoms with E-state index in [-0.39, 0.29) is 0 Å². The van der Waals surface area contributed by atoms with Crippen LogP contribution in [0.1, 0.15) is 6.92 Å². The number of benzene rings is 1. The molecule has 23 heavy (non-hydrogen) atoms. The van der Waals surface area contributed by atoms with Crippen molar-refractivity contribution in [1.29, 1.82) is 0 Å². The van der Waals surface area contributed by atoms with Crippen molar-refractivity contribution in [3.8, 4) is 17.0 Å². The van der Waals surface area contributed by atoms with Crippen molar-refractivity contribution in [3.63, 3.8) is 0 Å². The van der Waals surface area contributed by atoms with E-state index in [4.69, 9.17) is 4.74 Å². The molecule has 0 saturated carbocycles. The third kappa shape index (κ3) is 3.56. The van der Waals surface area contributed by atoms with Crippen molar-refractivity contribution < 1.29 is 4.74 Å². The second-order valence-corrected chi connectivity index (χ2v) is 6.29. The summed E-state index contributed by atoms with van der Waals surface area (Å²) in [6, 6.07) is 9.86. The van der Waals surface area contributed by atoms with Gasteiger partial charge in [-0.1, -0.05) is 6.92 Å². The van der Waals surface area contributed by atoms with Gasteiger partial charge in [-0.15, -0.1) is 10.2 Å². The van der Waals surface area contributed by atoms with Gasteiger partial charge in [-0.3, -0.25) is 0 Å². The lowest BCUT2D eigenvalue weighted by molar-refractivity contribution is 0.415. The molecular formula is C16H19N5OS. The van der Waals surface area contributed by atoms with Crippen LogP contribution in [0, 0.1) is 0 Å². The Labute approximate surface area is 139 Å². The minimum Gasteiger partial charge on any atom is -0.497 e. The molecule has 0 unspecified atom stereocenters. The number of nitrogens with zero attached hydrogens (tertiary/aromatic N) is 4. The molecule has 0 atom stereocenters. The Morgan fingerprint density at radius 2 is 2.09 bits per heavy atom. The molecule has 0 aliphatic carbocycles. The fourth-order valence-corrected chi connectivity index (χ4v) is 2.80. The van der Waals surface area contributed by atoms with Crippen molar-refractivity contribution in [2.45, 2.75) is 6.92 Å². The molecule has 0 aliphatic heterocycles. The van der Waals surface area contributed by atoms with Gasteiger partial charge in [-0.05, 0) is 36.1 Å². The summed E-state index contributed by atoms with van der Waals surface area (Å²) in [5.74, 6) is 3.00. The van der Waals surface area contributed by atoms with Gasteiger partial charge in [0.15, 0.2) is 0 Å². The van der Waals surface area contributed by atoms with E-state index < -0.39 is 0 Å². The minimum atomic E-state index is 0.740. The number of ether oxygens (including phenoxy) is 1. The van der Waals surface area contributed by atoms with Crippen LogP contribution in [0.4, 0.5) is 5.69 Å². The summed E-state index contributed by atoms with van der Waals surface area (Å²) in [5.41, 5.74) is 3.57. The number of hydrogen-bond donors (Lipinski definition) is 1. The van der Waals surface area contributed by atoms with Gasteiger partial charge in [0.1, 0.15) is 12.1 Å². The molecule has 0 spiro atoms. The van der Waals surface area contributed by atoms with Crippen LogP contribution < -0.4 is 10.1 Å². The van der Waals surface area contributed by atoms with Gasteiger partial charge in [-0.25, -0.2) is 0 Å². The highest BCUT2D eigenvalue weighted by molar-refractivity contribution is 7.99. The average Bonchev–Trinajstić information content (AvgIpc) is 3.07. The predicted molar refractivity (Wildman–Crippen MR) is 94.3 cm³/mol. The summed E-state index contributed by atoms with van der Waals surface area (Å²) in [4.78, 5) is 0. The molecule has 3 rings (SSSR count). The van der Waals surface area contributed by atoms with Gasteiger partial charge in [0, 0.05) is 17.9 Å². The lowest BCUT2D eigenvalue weighted by Crippen LogP contribution is -2.07. The molecule has 0 aliphatic rings. The van der Waals surface area contributed by atoms with Crippen LogP contribution in [0.2, 0.25) is 0 Å². The zero-order chi connectivity index (χ0) is 16.1. The van der Waals surface area contributed by atoms with E-state index in [9.17, 15) is 0 Å². The molecule has 2 heterocycles. The summed E-state index contributed by atoms with van der Waals surface area (Å²) < 4.78 is 6.91. The van der Waals surface area contributed by atoms with Crippen LogP contribution in [0.25, 0.3) is 16.9 Å². The van der Waals surface area contributed by atoms with Crippen LogP contribution >= 0.6 is 11.8 Å². The number of hydrogen-bond acceptors (Lipinski definition) is 6. The molecule has 1 aromatic carbocycles. The first-order chi connectivity index (χ1) is 11.3. The molecule has 3 aromatic rings. The third-order valence-electron chi connectivity index (χ3n) is 3.42. The Morgan fingerprint density at radius 3 is 2.83 bits per heavy atom. The maximum absolute atomic E-state index is 5.20. The van der Waals surface area contributed by atoms with Crippen molar-refractivity contribution in [2.75, 3.05) is 30.5 Å². The molecule has 0 radical (unpaired) electrons. The molecule has 0 saturated heterocycles. The van der Waals surface area contributed by atoms with Gasteiger partial charge in [-0.2, -0.15) is 21.4 Å². The van der Waals surface area contributed by atoms with Crippen LogP contribution in [-0.4, -0.2) is 45.0 Å². The minimum absolute atomic E-state index is 0.740. The summed E-state index contributed by atoms with van der Waals surface area (Å²) in [6.45, 7) is 3.04. The summed E-state index contributed by atoms with van der Waals surface area (Å²) >= 11 is 1.90. The highest BCUT2D eigenvalue weighted by Crippen LogP contribution is 2.24. The molecule has 0 amide bonds. The zero-order valence-corrected chi connectivity index (χ0v) is 14.0. The lowest BCUT2D eigenvalue weighted by Gasteiger charge is -2.09. The number of nitrogens with one attached hydrogen (secondary N) is 1. The second kappa shape index (κ2) is 7.32. The van der Waals surface area contributed by atoms with Gasteiger partial charge in [0.25, 0.3) is 0 Å². The second-order valence-electron chi connectivity index (χ2n) is 4.89. The first-order valence-electron chi connectivity index (χ1n) is 7.49. The fourth-order valence-electron chi connectivity index (χ4n) is 2.26. The maximum Gasteiger partial charge on any atom is 0.200 e. The fraction of sp³-hybridized carbons (Fsp3) is 0.312. The number of aromatic nitrogens is 4. The largest absolute Gasteiger partial charge is 0.497 e. The Morgan fingerprint density at radius 1 is 1.26 bits per heavy atom. The molecule has 2 aromatic heterocycles. The van der Waals surface area contributed by atoms with E-state index in [2.05, 4.69) is 27.5 Å². The zero-order valence-electron chi connectivity index (χ0n) is 13.2. The van der Waals surface area contributed by atoms with E-state index >= 15 is 0 Å². The van der Waals surface area contributed by atoms with Crippen molar-refractivity contribution in [1.82, 2.24) is 19.8 Å². The highest BCUT2D eigenvalue weighted by atomic mass is 32.2. The highest BCUT2D eigenvalue weighted by Gasteiger charge is 2.09. The topological polar surface area (TPSA) is 64.3 Å². The lowest BCUT2D eigenvalue weighted by atomic mass is 10.1. The summed E-state index contributed by atoms with van der Waals surface area (Å²) in [7, 11) is 1.66. The number of thioether (sulfide) groups is 1. The number of fused-ring (bicyclic) bond motifs is 1. The van der Waals surface area contributed by atoms with Crippen LogP contribution in [0.5, 0.6) is 5.75 Å². The van der Waals surface area contributed by atoms with Crippen molar-refractivity contribution >= 4 is 23.1 Å². The molecule has 7 heteroatoms. The monoisotopic (exact) mass is 329 g/mol. The summed E-state index contributed by atoms with van der Waals surface area (Å²) in [5, 5.41) is 16.1. The van der Waals surface area contributed by atoms with Gasteiger partial charge in [0.2, 0.25) is 5.65 Å². The third-order valence-corrected chi connectivity index (χ3v) is 4.32. The smallest absolute Gasteiger partial charge is 0.200 e. The molecular weight excluding hydrogens is 310 g/mol. The molecule has 6 nitrogen and oxygen atoms in total. The van der Waals surface area contributed by atoms with E-state index in [1.165, 1.54) is 0 Å². The Hall–Kier alpha value is -2.28. The number of anilines is 1. The maximum atomic E-state index is 5.20. The van der Waals surface area contributed by atoms with E-state index in [1.807, 2.05) is 42.1 Å². The Bertz CT molecular complexity index is 772. The number of methoxy groups -OCH3 is 1. The van der Waals surface area contributed by atoms with Gasteiger partial charge >= 0.3 is 0 Å². The van der Waals surface area contributed by atoms with E-state index in [0.29, 0.717) is 0 Å². The van der Waals surface area contributed by atoms with Crippen molar-refractivity contribution in [3.05, 3.63) is 36.7 Å². The van der Waals surface area contributed by atoms with Crippen LogP contribution in [0.3, 0.4) is 0 Å². The molecule has 0 fully saturated rings. The average molecular weight is 329 g/mol. The Kier molecular flexibility index (Phi) is 4.97. The molecule has 0 bridgehead atoms. The van der Waals surface area contributed by atoms with Crippen LogP contribution in [0.15, 0.2) is 36.7 Å². The van der Waals surface area contributed by atoms with Crippen LogP contribution in [-0.2, 0) is 0 Å². The summed E-state index contributed by atoms with van der Waals surface area (Å²) in [6.07, 6.45) is 1.62. The normalized spacial score (nSPS) is 10.9. The van der Waals surface area contributed by atoms with Gasteiger partial charge in [0.05, 0.1) is 18.5 Å². The SMILES string of the molecule is CCSCCNc1cc(-c2ccc(OC)cc2)nn2cnnc12. The first kappa shape index (κ1) is 15.6. The quantitative estimate of drug-likeness (QED) is 0.672. The van der Waals surface area contributed by atoms with Gasteiger partial charge < -0.3 is 10.1 Å². The predicted octanol–water partition coefficient (Wildman–Crippen LogP) is 2.96. The molecule has 120 valence electrons. The first-order valence-corrected chi connectivity index (χ1v) is 8.64. The van der Waals surface area contributed by atoms with E-state index in [0.717, 1.165) is 46.4 Å².